The fraction of sp³-hybridized carbons (Fsp3) is 0.387. The molecule has 82 heavy (non-hydrogen) atoms. The average molecular weight is 1120 g/mol. The van der Waals surface area contributed by atoms with Crippen LogP contribution in [-0.2, 0) is 53.3 Å². The highest BCUT2D eigenvalue weighted by Gasteiger charge is 2.53. The molecule has 5 aromatic rings. The van der Waals surface area contributed by atoms with Crippen LogP contribution in [0.2, 0.25) is 0 Å². The van der Waals surface area contributed by atoms with Crippen LogP contribution in [0.4, 0.5) is 21.0 Å². The number of hydrogen-bond donors (Lipinski definition) is 5. The Labute approximate surface area is 475 Å². The lowest BCUT2D eigenvalue weighted by Crippen LogP contribution is -2.58. The molecule has 5 N–H and O–H groups in total. The number of benzene rings is 5. The van der Waals surface area contributed by atoms with Crippen molar-refractivity contribution in [3.05, 3.63) is 143 Å². The number of nitrogens with zero attached hydrogens (tertiary/aromatic N) is 1. The van der Waals surface area contributed by atoms with Gasteiger partial charge in [0.05, 0.1) is 25.2 Å². The number of alkyl carbamates (subject to hydrolysis) is 1. The van der Waals surface area contributed by atoms with Gasteiger partial charge in [-0.2, -0.15) is 0 Å². The van der Waals surface area contributed by atoms with Gasteiger partial charge >= 0.3 is 30.0 Å². The second-order valence-corrected chi connectivity index (χ2v) is 22.9. The molecule has 4 atom stereocenters. The summed E-state index contributed by atoms with van der Waals surface area (Å²) in [4.78, 5) is 112. The van der Waals surface area contributed by atoms with E-state index in [1.165, 1.54) is 6.07 Å². The number of urea groups is 1. The van der Waals surface area contributed by atoms with E-state index in [1.54, 1.807) is 115 Å². The van der Waals surface area contributed by atoms with Crippen molar-refractivity contribution in [3.8, 4) is 22.6 Å². The first-order valence-corrected chi connectivity index (χ1v) is 27.4. The molecule has 0 bridgehead atoms. The highest BCUT2D eigenvalue weighted by molar-refractivity contribution is 6.01. The lowest BCUT2D eigenvalue weighted by Gasteiger charge is -2.37. The Bertz CT molecular complexity index is 3280. The Kier molecular flexibility index (Phi) is 16.8. The third kappa shape index (κ3) is 12.9. The van der Waals surface area contributed by atoms with Crippen LogP contribution in [0, 0.1) is 5.92 Å². The molecule has 4 unspecified atom stereocenters. The molecule has 0 saturated carbocycles. The maximum Gasteiger partial charge on any atom is 0.407 e. The monoisotopic (exact) mass is 1120 g/mol. The van der Waals surface area contributed by atoms with Gasteiger partial charge in [0.15, 0.2) is 5.60 Å². The van der Waals surface area contributed by atoms with Crippen LogP contribution in [0.3, 0.4) is 0 Å². The molecule has 9 rings (SSSR count). The fourth-order valence-electron chi connectivity index (χ4n) is 10.5. The summed E-state index contributed by atoms with van der Waals surface area (Å²) >= 11 is 0. The highest BCUT2D eigenvalue weighted by Crippen LogP contribution is 2.57. The number of fused-ring (bicyclic) bond motifs is 9. The quantitative estimate of drug-likeness (QED) is 0.0459. The van der Waals surface area contributed by atoms with Crippen molar-refractivity contribution in [1.29, 1.82) is 0 Å². The molecule has 1 fully saturated rings. The molecule has 0 aromatic heterocycles. The van der Waals surface area contributed by atoms with Gasteiger partial charge in [-0.05, 0) is 106 Å². The van der Waals surface area contributed by atoms with Crippen molar-refractivity contribution in [2.75, 3.05) is 43.5 Å². The van der Waals surface area contributed by atoms with Crippen LogP contribution in [0.15, 0.2) is 109 Å². The third-order valence-corrected chi connectivity index (χ3v) is 14.2. The molecule has 0 radical (unpaired) electrons. The van der Waals surface area contributed by atoms with E-state index < -0.39 is 89.0 Å². The number of amides is 6. The average Bonchev–Trinajstić information content (AvgIpc) is 3.73. The van der Waals surface area contributed by atoms with Gasteiger partial charge in [0, 0.05) is 65.6 Å². The highest BCUT2D eigenvalue weighted by atomic mass is 16.6. The zero-order chi connectivity index (χ0) is 58.7. The molecule has 1 saturated heterocycles. The van der Waals surface area contributed by atoms with Crippen molar-refractivity contribution in [2.24, 2.45) is 5.92 Å². The van der Waals surface area contributed by atoms with Crippen LogP contribution < -0.4 is 31.3 Å². The van der Waals surface area contributed by atoms with E-state index in [4.69, 9.17) is 28.4 Å². The smallest absolute Gasteiger partial charge is 0.407 e. The van der Waals surface area contributed by atoms with Crippen molar-refractivity contribution in [3.63, 3.8) is 0 Å². The summed E-state index contributed by atoms with van der Waals surface area (Å²) < 4.78 is 35.1. The van der Waals surface area contributed by atoms with Crippen molar-refractivity contribution >= 4 is 59.1 Å². The Morgan fingerprint density at radius 2 is 1.20 bits per heavy atom. The number of anilines is 2. The number of carbonyl (C=O) groups excluding carboxylic acids is 8. The number of nitrogens with one attached hydrogen (secondary N) is 5. The van der Waals surface area contributed by atoms with Crippen LogP contribution in [0.5, 0.6) is 11.5 Å². The third-order valence-electron chi connectivity index (χ3n) is 14.2. The number of esters is 3. The Hall–Kier alpha value is -8.78. The maximum absolute atomic E-state index is 14.5. The van der Waals surface area contributed by atoms with Gasteiger partial charge in [-0.3, -0.25) is 24.0 Å². The molecule has 1 aliphatic carbocycles. The minimum atomic E-state index is -1.59. The van der Waals surface area contributed by atoms with Crippen LogP contribution >= 0.6 is 0 Å². The molecule has 3 heterocycles. The van der Waals surface area contributed by atoms with Crippen LogP contribution in [-0.4, -0.2) is 115 Å². The minimum Gasteiger partial charge on any atom is -0.460 e. The van der Waals surface area contributed by atoms with E-state index in [2.05, 4.69) is 26.6 Å². The number of morpholine rings is 1. The van der Waals surface area contributed by atoms with Gasteiger partial charge in [0.2, 0.25) is 17.7 Å². The summed E-state index contributed by atoms with van der Waals surface area (Å²) in [6.45, 7) is 14.9. The predicted octanol–water partition coefficient (Wildman–Crippen LogP) is 8.44. The zero-order valence-corrected chi connectivity index (χ0v) is 47.1. The first-order valence-electron chi connectivity index (χ1n) is 27.4. The normalized spacial score (nSPS) is 17.0. The van der Waals surface area contributed by atoms with E-state index in [0.717, 1.165) is 22.3 Å². The number of carbonyl (C=O) groups is 8. The zero-order valence-electron chi connectivity index (χ0n) is 47.1. The van der Waals surface area contributed by atoms with Crippen LogP contribution in [0.25, 0.3) is 11.1 Å². The van der Waals surface area contributed by atoms with Gasteiger partial charge in [-0.25, -0.2) is 14.4 Å². The molecule has 6 amide bonds. The van der Waals surface area contributed by atoms with E-state index >= 15 is 0 Å². The van der Waals surface area contributed by atoms with Gasteiger partial charge in [0.25, 0.3) is 0 Å². The lowest BCUT2D eigenvalue weighted by molar-refractivity contribution is -0.157. The number of rotatable bonds is 16. The molecular weight excluding hydrogens is 1050 g/mol. The van der Waals surface area contributed by atoms with E-state index in [1.807, 2.05) is 48.5 Å². The Balaban J connectivity index is 0.943. The topological polar surface area (TPSA) is 255 Å². The maximum atomic E-state index is 14.5. The molecule has 3 aliphatic heterocycles. The summed E-state index contributed by atoms with van der Waals surface area (Å²) in [6.07, 6.45) is -2.10. The second kappa shape index (κ2) is 23.7. The first kappa shape index (κ1) is 57.9. The van der Waals surface area contributed by atoms with Gasteiger partial charge in [0.1, 0.15) is 47.4 Å². The van der Waals surface area contributed by atoms with E-state index in [9.17, 15) is 38.4 Å². The van der Waals surface area contributed by atoms with E-state index in [0.29, 0.717) is 54.2 Å². The number of ether oxygens (including phenoxy) is 6. The molecule has 1 spiro atoms. The Morgan fingerprint density at radius 1 is 0.634 bits per heavy atom. The second-order valence-electron chi connectivity index (χ2n) is 22.9. The SMILES string of the molecule is CC(C)C(NC(=O)C(CCC(=O)OC(C)(C)C)NC(=O)OCC1c2ccccc2-c2ccccc21)C(=O)NC(CC(=O)OC(C)(C)C)C(=O)Nc1ccc2c(c1)Oc1cc(NC(=O)N3CCOCC3)ccc1C21OC(=O)c2ccccc21. The fourth-order valence-corrected chi connectivity index (χ4v) is 10.5. The molecule has 20 heteroatoms. The van der Waals surface area contributed by atoms with Crippen molar-refractivity contribution in [2.45, 2.75) is 115 Å². The molecule has 4 aliphatic rings. The molecule has 5 aromatic carbocycles. The largest absolute Gasteiger partial charge is 0.460 e. The lowest BCUT2D eigenvalue weighted by atomic mass is 9.77. The molecule has 20 nitrogen and oxygen atoms in total. The van der Waals surface area contributed by atoms with Crippen molar-refractivity contribution in [1.82, 2.24) is 20.9 Å². The molecular formula is C62H68N6O14. The summed E-state index contributed by atoms with van der Waals surface area (Å²) in [6, 6.07) is 27.6. The Morgan fingerprint density at radius 3 is 1.79 bits per heavy atom. The predicted molar refractivity (Wildman–Crippen MR) is 301 cm³/mol. The minimum absolute atomic E-state index is 0.0622. The van der Waals surface area contributed by atoms with E-state index in [-0.39, 0.29) is 48.6 Å². The van der Waals surface area contributed by atoms with Gasteiger partial charge in [-0.1, -0.05) is 80.6 Å². The first-order chi connectivity index (χ1) is 39.0. The summed E-state index contributed by atoms with van der Waals surface area (Å²) in [5.74, 6) is -5.07. The summed E-state index contributed by atoms with van der Waals surface area (Å²) in [5, 5.41) is 13.7. The summed E-state index contributed by atoms with van der Waals surface area (Å²) in [5.41, 5.74) is 3.02. The number of hydrogen-bond acceptors (Lipinski definition) is 14. The van der Waals surface area contributed by atoms with Gasteiger partial charge < -0.3 is 59.9 Å². The summed E-state index contributed by atoms with van der Waals surface area (Å²) in [7, 11) is 0. The molecule has 430 valence electrons. The van der Waals surface area contributed by atoms with Crippen LogP contribution in [0.1, 0.15) is 119 Å². The van der Waals surface area contributed by atoms with Gasteiger partial charge in [-0.15, -0.1) is 0 Å². The standard InChI is InChI=1S/C62H68N6O14/c1-35(2)53(67-54(71)47(25-26-51(69)80-60(3,4)5)66-59(76)78-34-43-40-17-11-9-15-38(40)39-16-10-12-18-41(39)43)56(73)65-48(33-52(70)81-61(6,7)8)55(72)63-36-21-23-45-49(31-36)79-50-32-37(64-58(75)68-27-29-77-30-28-68)22-24-46(50)62(45)44-20-14-13-19-42(44)57(74)82-62/h9-24,31-32,35,43,47-48,53H,25-30,33-34H2,1-8H3,(H,63,72)(H,64,75)(H,65,73)(H,66,76)(H,67,71). The van der Waals surface area contributed by atoms with Crippen molar-refractivity contribution < 1.29 is 66.8 Å².